The number of nitrogens with zero attached hydrogens (tertiary/aromatic N) is 5. The molecule has 0 aliphatic rings. The number of hydrogen-bond acceptors (Lipinski definition) is 8. The summed E-state index contributed by atoms with van der Waals surface area (Å²) in [6.45, 7) is 12.3. The molecule has 0 atom stereocenters. The monoisotopic (exact) mass is 586 g/mol. The average molecular weight is 588 g/mol. The zero-order valence-corrected chi connectivity index (χ0v) is 25.4. The summed E-state index contributed by atoms with van der Waals surface area (Å²) in [7, 11) is -0.121. The molecule has 12 heteroatoms. The summed E-state index contributed by atoms with van der Waals surface area (Å²) in [6, 6.07) is 10.3. The van der Waals surface area contributed by atoms with Crippen molar-refractivity contribution in [1.29, 1.82) is 0 Å². The first-order valence-corrected chi connectivity index (χ1v) is 16.2. The second-order valence-corrected chi connectivity index (χ2v) is 16.3. The molecule has 0 saturated heterocycles. The zero-order valence-electron chi connectivity index (χ0n) is 22.9. The molecule has 4 rings (SSSR count). The number of fused-ring (bicyclic) bond motifs is 1. The maximum absolute atomic E-state index is 13.1. The normalized spacial score (nSPS) is 12.1. The standard InChI is InChI=1S/C27H32Cl2N6O3Si/c1-27(2,3)39(5,6)38-14-8-13-37-22-12-11-21(33-34-22)31-26-30-16-17-15-18(25(36)35(4)24(17)32-26)23-19(28)9-7-10-20(23)29/h7,9-12,15-16H,8,13-14H2,1-6H3,(H,30,31,32,33). The van der Waals surface area contributed by atoms with Gasteiger partial charge in [0.25, 0.3) is 5.56 Å². The van der Waals surface area contributed by atoms with Crippen molar-refractivity contribution in [3.8, 4) is 17.0 Å². The number of halogens is 2. The minimum Gasteiger partial charge on any atom is -0.477 e. The third-order valence-electron chi connectivity index (χ3n) is 6.87. The first-order valence-electron chi connectivity index (χ1n) is 12.6. The van der Waals surface area contributed by atoms with Gasteiger partial charge in [-0.3, -0.25) is 9.36 Å². The van der Waals surface area contributed by atoms with Crippen LogP contribution >= 0.6 is 23.2 Å². The van der Waals surface area contributed by atoms with E-state index in [9.17, 15) is 4.79 Å². The summed E-state index contributed by atoms with van der Waals surface area (Å²) in [5, 5.41) is 12.9. The fourth-order valence-corrected chi connectivity index (χ4v) is 5.29. The molecule has 4 aromatic rings. The Balaban J connectivity index is 1.41. The molecule has 3 aromatic heterocycles. The van der Waals surface area contributed by atoms with Crippen LogP contribution in [-0.4, -0.2) is 46.3 Å². The van der Waals surface area contributed by atoms with Gasteiger partial charge in [0, 0.05) is 43.3 Å². The molecule has 3 heterocycles. The number of anilines is 2. The highest BCUT2D eigenvalue weighted by Crippen LogP contribution is 2.36. The molecule has 39 heavy (non-hydrogen) atoms. The van der Waals surface area contributed by atoms with Crippen molar-refractivity contribution in [1.82, 2.24) is 24.7 Å². The van der Waals surface area contributed by atoms with Crippen molar-refractivity contribution >= 4 is 54.3 Å². The lowest BCUT2D eigenvalue weighted by Gasteiger charge is -2.36. The number of nitrogens with one attached hydrogen (secondary N) is 1. The predicted molar refractivity (Wildman–Crippen MR) is 159 cm³/mol. The Labute approximate surface area is 238 Å². The van der Waals surface area contributed by atoms with Crippen LogP contribution in [0.25, 0.3) is 22.2 Å². The number of aromatic nitrogens is 5. The molecule has 1 N–H and O–H groups in total. The van der Waals surface area contributed by atoms with Crippen LogP contribution in [0.1, 0.15) is 27.2 Å². The molecule has 206 valence electrons. The summed E-state index contributed by atoms with van der Waals surface area (Å²) in [5.74, 6) is 1.12. The summed E-state index contributed by atoms with van der Waals surface area (Å²) in [4.78, 5) is 22.0. The zero-order chi connectivity index (χ0) is 28.4. The highest BCUT2D eigenvalue weighted by atomic mass is 35.5. The predicted octanol–water partition coefficient (Wildman–Crippen LogP) is 6.63. The second kappa shape index (κ2) is 11.6. The van der Waals surface area contributed by atoms with E-state index in [1.807, 2.05) is 0 Å². The van der Waals surface area contributed by atoms with Gasteiger partial charge in [-0.25, -0.2) is 4.98 Å². The molecule has 0 unspecified atom stereocenters. The van der Waals surface area contributed by atoms with Gasteiger partial charge in [0.1, 0.15) is 5.65 Å². The van der Waals surface area contributed by atoms with Crippen LogP contribution in [0.15, 0.2) is 47.4 Å². The van der Waals surface area contributed by atoms with Crippen LogP contribution in [0.5, 0.6) is 5.88 Å². The highest BCUT2D eigenvalue weighted by molar-refractivity contribution is 6.74. The van der Waals surface area contributed by atoms with E-state index in [0.717, 1.165) is 6.42 Å². The van der Waals surface area contributed by atoms with Crippen LogP contribution in [0.2, 0.25) is 28.2 Å². The molecule has 1 aromatic carbocycles. The molecule has 0 amide bonds. The lowest BCUT2D eigenvalue weighted by Crippen LogP contribution is -2.41. The first-order chi connectivity index (χ1) is 18.4. The molecule has 0 radical (unpaired) electrons. The second-order valence-electron chi connectivity index (χ2n) is 10.7. The van der Waals surface area contributed by atoms with Gasteiger partial charge in [0.2, 0.25) is 11.8 Å². The molecule has 0 aliphatic carbocycles. The van der Waals surface area contributed by atoms with E-state index in [2.05, 4.69) is 59.3 Å². The van der Waals surface area contributed by atoms with Crippen LogP contribution in [0.4, 0.5) is 11.8 Å². The molecule has 0 fully saturated rings. The first kappa shape index (κ1) is 28.9. The third kappa shape index (κ3) is 6.58. The Morgan fingerprint density at radius 1 is 1.05 bits per heavy atom. The van der Waals surface area contributed by atoms with Gasteiger partial charge < -0.3 is 14.5 Å². The van der Waals surface area contributed by atoms with E-state index in [1.165, 1.54) is 4.57 Å². The minimum absolute atomic E-state index is 0.180. The van der Waals surface area contributed by atoms with E-state index in [0.29, 0.717) is 57.1 Å². The number of benzene rings is 1. The smallest absolute Gasteiger partial charge is 0.259 e. The van der Waals surface area contributed by atoms with Gasteiger partial charge in [0.15, 0.2) is 14.1 Å². The van der Waals surface area contributed by atoms with Gasteiger partial charge in [-0.15, -0.1) is 10.2 Å². The Kier molecular flexibility index (Phi) is 8.60. The molecular weight excluding hydrogens is 555 g/mol. The van der Waals surface area contributed by atoms with E-state index in [1.54, 1.807) is 49.6 Å². The van der Waals surface area contributed by atoms with Crippen LogP contribution in [-0.2, 0) is 11.5 Å². The number of aryl methyl sites for hydroxylation is 1. The van der Waals surface area contributed by atoms with Crippen molar-refractivity contribution in [2.24, 2.45) is 7.05 Å². The van der Waals surface area contributed by atoms with Crippen molar-refractivity contribution in [3.05, 3.63) is 63.0 Å². The largest absolute Gasteiger partial charge is 0.477 e. The maximum atomic E-state index is 13.1. The number of pyridine rings is 1. The van der Waals surface area contributed by atoms with Crippen LogP contribution < -0.4 is 15.6 Å². The van der Waals surface area contributed by atoms with E-state index in [-0.39, 0.29) is 16.5 Å². The van der Waals surface area contributed by atoms with Gasteiger partial charge >= 0.3 is 0 Å². The fraction of sp³-hybridized carbons (Fsp3) is 0.370. The lowest BCUT2D eigenvalue weighted by atomic mass is 10.1. The van der Waals surface area contributed by atoms with Crippen LogP contribution in [0.3, 0.4) is 0 Å². The number of rotatable bonds is 9. The van der Waals surface area contributed by atoms with E-state index >= 15 is 0 Å². The molecule has 0 bridgehead atoms. The maximum Gasteiger partial charge on any atom is 0.259 e. The number of ether oxygens (including phenoxy) is 1. The van der Waals surface area contributed by atoms with Crippen molar-refractivity contribution in [2.45, 2.75) is 45.3 Å². The van der Waals surface area contributed by atoms with Crippen molar-refractivity contribution in [2.75, 3.05) is 18.5 Å². The Bertz CT molecular complexity index is 1520. The molecular formula is C27H32Cl2N6O3Si. The Morgan fingerprint density at radius 2 is 1.77 bits per heavy atom. The summed E-state index contributed by atoms with van der Waals surface area (Å²) < 4.78 is 13.3. The van der Waals surface area contributed by atoms with Gasteiger partial charge in [0.05, 0.1) is 22.2 Å². The van der Waals surface area contributed by atoms with Gasteiger partial charge in [-0.05, 0) is 42.4 Å². The van der Waals surface area contributed by atoms with Gasteiger partial charge in [-0.1, -0.05) is 50.0 Å². The van der Waals surface area contributed by atoms with E-state index in [4.69, 9.17) is 32.4 Å². The average Bonchev–Trinajstić information content (AvgIpc) is 2.87. The molecule has 0 aliphatic heterocycles. The summed E-state index contributed by atoms with van der Waals surface area (Å²) >= 11 is 12.7. The molecule has 9 nitrogen and oxygen atoms in total. The highest BCUT2D eigenvalue weighted by Gasteiger charge is 2.36. The SMILES string of the molecule is Cn1c(=O)c(-c2c(Cl)cccc2Cl)cc2cnc(Nc3ccc(OCCCO[Si](C)(C)C(C)(C)C)nn3)nc21. The van der Waals surface area contributed by atoms with E-state index < -0.39 is 8.32 Å². The topological polar surface area (TPSA) is 104 Å². The minimum atomic E-state index is -1.76. The number of hydrogen-bond donors (Lipinski definition) is 1. The summed E-state index contributed by atoms with van der Waals surface area (Å²) in [6.07, 6.45) is 2.39. The third-order valence-corrected chi connectivity index (χ3v) is 12.0. The molecule has 0 saturated carbocycles. The van der Waals surface area contributed by atoms with Crippen LogP contribution in [0, 0.1) is 0 Å². The molecule has 0 spiro atoms. The lowest BCUT2D eigenvalue weighted by molar-refractivity contribution is 0.228. The Morgan fingerprint density at radius 3 is 2.41 bits per heavy atom. The summed E-state index contributed by atoms with van der Waals surface area (Å²) in [5.41, 5.74) is 1.01. The Hall–Kier alpha value is -3.05. The van der Waals surface area contributed by atoms with Crippen molar-refractivity contribution < 1.29 is 9.16 Å². The fourth-order valence-electron chi connectivity index (χ4n) is 3.60. The van der Waals surface area contributed by atoms with Crippen molar-refractivity contribution in [3.63, 3.8) is 0 Å². The quantitative estimate of drug-likeness (QED) is 0.172. The van der Waals surface area contributed by atoms with Gasteiger partial charge in [-0.2, -0.15) is 4.98 Å².